The minimum atomic E-state index is -0.118. The molecule has 0 atom stereocenters. The number of benzene rings is 2. The molecular weight excluding hydrogens is 374 g/mol. The summed E-state index contributed by atoms with van der Waals surface area (Å²) in [6.07, 6.45) is 7.32. The highest BCUT2D eigenvalue weighted by molar-refractivity contribution is 5.99. The van der Waals surface area contributed by atoms with E-state index in [1.54, 1.807) is 18.3 Å². The molecule has 2 aromatic carbocycles. The number of carbonyl (C=O) groups is 1. The maximum atomic E-state index is 12.7. The first-order valence-electron chi connectivity index (χ1n) is 9.69. The summed E-state index contributed by atoms with van der Waals surface area (Å²) in [6, 6.07) is 20.9. The molecule has 146 valence electrons. The maximum Gasteiger partial charge on any atom is 0.253 e. The minimum Gasteiger partial charge on any atom is -0.508 e. The van der Waals surface area contributed by atoms with Crippen molar-refractivity contribution in [3.05, 3.63) is 103 Å². The van der Waals surface area contributed by atoms with E-state index in [-0.39, 0.29) is 11.7 Å². The summed E-state index contributed by atoms with van der Waals surface area (Å²) in [5, 5.41) is 14.9. The molecule has 0 aliphatic carbocycles. The molecule has 0 aliphatic heterocycles. The van der Waals surface area contributed by atoms with Gasteiger partial charge in [-0.3, -0.25) is 9.78 Å². The Kier molecular flexibility index (Phi) is 4.41. The SMILES string of the molecule is O=C(NCc1ccc(-c2cccc(O)c2)c2ccncc12)c1cc2ccccn2c1. The zero-order valence-electron chi connectivity index (χ0n) is 16.1. The lowest BCUT2D eigenvalue weighted by atomic mass is 9.96. The van der Waals surface area contributed by atoms with E-state index in [0.717, 1.165) is 33.0 Å². The molecule has 30 heavy (non-hydrogen) atoms. The van der Waals surface area contributed by atoms with Gasteiger partial charge in [0, 0.05) is 42.2 Å². The molecule has 0 fully saturated rings. The van der Waals surface area contributed by atoms with Gasteiger partial charge < -0.3 is 14.8 Å². The fourth-order valence-electron chi connectivity index (χ4n) is 3.79. The molecule has 5 nitrogen and oxygen atoms in total. The number of nitrogens with one attached hydrogen (secondary N) is 1. The highest BCUT2D eigenvalue weighted by Gasteiger charge is 2.12. The maximum absolute atomic E-state index is 12.7. The lowest BCUT2D eigenvalue weighted by molar-refractivity contribution is 0.0951. The van der Waals surface area contributed by atoms with Crippen LogP contribution in [-0.4, -0.2) is 20.4 Å². The summed E-state index contributed by atoms with van der Waals surface area (Å²) < 4.78 is 1.93. The summed E-state index contributed by atoms with van der Waals surface area (Å²) in [4.78, 5) is 17.0. The lowest BCUT2D eigenvalue weighted by Gasteiger charge is -2.12. The van der Waals surface area contributed by atoms with Gasteiger partial charge >= 0.3 is 0 Å². The topological polar surface area (TPSA) is 66.6 Å². The number of carbonyl (C=O) groups excluding carboxylic acids is 1. The third-order valence-corrected chi connectivity index (χ3v) is 5.27. The van der Waals surface area contributed by atoms with E-state index in [9.17, 15) is 9.90 Å². The van der Waals surface area contributed by atoms with Crippen molar-refractivity contribution in [3.63, 3.8) is 0 Å². The Morgan fingerprint density at radius 3 is 2.80 bits per heavy atom. The highest BCUT2D eigenvalue weighted by atomic mass is 16.3. The van der Waals surface area contributed by atoms with Crippen LogP contribution in [-0.2, 0) is 6.54 Å². The van der Waals surface area contributed by atoms with E-state index >= 15 is 0 Å². The number of hydrogen-bond donors (Lipinski definition) is 2. The fraction of sp³-hybridized carbons (Fsp3) is 0.0400. The second-order valence-electron chi connectivity index (χ2n) is 7.19. The number of phenolic OH excluding ortho intramolecular Hbond substituents is 1. The molecule has 5 aromatic rings. The van der Waals surface area contributed by atoms with Gasteiger partial charge in [-0.05, 0) is 58.5 Å². The van der Waals surface area contributed by atoms with Gasteiger partial charge in [0.2, 0.25) is 0 Å². The molecule has 3 aromatic heterocycles. The number of amides is 1. The number of fused-ring (bicyclic) bond motifs is 2. The Labute approximate surface area is 173 Å². The molecule has 1 amide bonds. The molecule has 3 heterocycles. The minimum absolute atomic E-state index is 0.118. The molecular formula is C25H19N3O2. The third-order valence-electron chi connectivity index (χ3n) is 5.27. The number of pyridine rings is 2. The van der Waals surface area contributed by atoms with E-state index in [1.807, 2.05) is 77.6 Å². The van der Waals surface area contributed by atoms with Crippen LogP contribution in [0, 0.1) is 0 Å². The van der Waals surface area contributed by atoms with Gasteiger partial charge in [0.15, 0.2) is 0 Å². The molecule has 5 rings (SSSR count). The van der Waals surface area contributed by atoms with Crippen LogP contribution in [0.1, 0.15) is 15.9 Å². The van der Waals surface area contributed by atoms with Crippen LogP contribution in [0.4, 0.5) is 0 Å². The van der Waals surface area contributed by atoms with E-state index in [4.69, 9.17) is 0 Å². The number of phenols is 1. The number of hydrogen-bond acceptors (Lipinski definition) is 3. The smallest absolute Gasteiger partial charge is 0.253 e. The lowest BCUT2D eigenvalue weighted by Crippen LogP contribution is -2.22. The van der Waals surface area contributed by atoms with Gasteiger partial charge in [-0.15, -0.1) is 0 Å². The molecule has 0 saturated heterocycles. The molecule has 0 saturated carbocycles. The van der Waals surface area contributed by atoms with Gasteiger partial charge in [-0.1, -0.05) is 30.3 Å². The monoisotopic (exact) mass is 393 g/mol. The number of rotatable bonds is 4. The van der Waals surface area contributed by atoms with E-state index in [1.165, 1.54) is 0 Å². The third kappa shape index (κ3) is 3.26. The number of aromatic hydroxyl groups is 1. The first-order chi connectivity index (χ1) is 14.7. The van der Waals surface area contributed by atoms with Crippen LogP contribution < -0.4 is 5.32 Å². The average molecular weight is 393 g/mol. The largest absolute Gasteiger partial charge is 0.508 e. The van der Waals surface area contributed by atoms with Crippen LogP contribution in [0.15, 0.2) is 91.5 Å². The molecule has 5 heteroatoms. The van der Waals surface area contributed by atoms with Gasteiger partial charge in [0.05, 0.1) is 5.56 Å². The van der Waals surface area contributed by atoms with Crippen LogP contribution in [0.25, 0.3) is 27.4 Å². The van der Waals surface area contributed by atoms with E-state index in [2.05, 4.69) is 10.3 Å². The number of nitrogens with zero attached hydrogens (tertiary/aromatic N) is 2. The second kappa shape index (κ2) is 7.37. The summed E-state index contributed by atoms with van der Waals surface area (Å²) in [6.45, 7) is 0.396. The van der Waals surface area contributed by atoms with E-state index in [0.29, 0.717) is 12.1 Å². The molecule has 0 bridgehead atoms. The van der Waals surface area contributed by atoms with Crippen LogP contribution >= 0.6 is 0 Å². The molecule has 0 unspecified atom stereocenters. The Bertz CT molecular complexity index is 1350. The van der Waals surface area contributed by atoms with Crippen LogP contribution in [0.3, 0.4) is 0 Å². The zero-order valence-corrected chi connectivity index (χ0v) is 16.1. The van der Waals surface area contributed by atoms with Gasteiger partial charge in [0.1, 0.15) is 5.75 Å². The molecule has 2 N–H and O–H groups in total. The Hall–Kier alpha value is -4.12. The summed E-state index contributed by atoms with van der Waals surface area (Å²) >= 11 is 0. The summed E-state index contributed by atoms with van der Waals surface area (Å²) in [5.74, 6) is 0.110. The zero-order chi connectivity index (χ0) is 20.5. The van der Waals surface area contributed by atoms with Crippen molar-refractivity contribution in [2.45, 2.75) is 6.54 Å². The van der Waals surface area contributed by atoms with Crippen molar-refractivity contribution >= 4 is 22.2 Å². The molecule has 0 radical (unpaired) electrons. The quantitative estimate of drug-likeness (QED) is 0.461. The molecule has 0 spiro atoms. The first-order valence-corrected chi connectivity index (χ1v) is 9.69. The van der Waals surface area contributed by atoms with Gasteiger partial charge in [-0.25, -0.2) is 0 Å². The van der Waals surface area contributed by atoms with Crippen molar-refractivity contribution in [2.24, 2.45) is 0 Å². The number of aromatic nitrogens is 2. The van der Waals surface area contributed by atoms with Gasteiger partial charge in [0.25, 0.3) is 5.91 Å². The Balaban J connectivity index is 1.45. The van der Waals surface area contributed by atoms with Crippen molar-refractivity contribution in [1.82, 2.24) is 14.7 Å². The van der Waals surface area contributed by atoms with Crippen molar-refractivity contribution in [1.29, 1.82) is 0 Å². The summed E-state index contributed by atoms with van der Waals surface area (Å²) in [7, 11) is 0. The highest BCUT2D eigenvalue weighted by Crippen LogP contribution is 2.32. The van der Waals surface area contributed by atoms with Crippen molar-refractivity contribution in [3.8, 4) is 16.9 Å². The average Bonchev–Trinajstić information content (AvgIpc) is 3.22. The standard InChI is InChI=1S/C25H19N3O2/c29-21-6-3-4-17(13-21)22-8-7-18(24-15-26-10-9-23(22)24)14-27-25(30)19-12-20-5-1-2-11-28(20)16-19/h1-13,15-16,29H,14H2,(H,27,30). The van der Waals surface area contributed by atoms with Crippen molar-refractivity contribution in [2.75, 3.05) is 0 Å². The van der Waals surface area contributed by atoms with Gasteiger partial charge in [-0.2, -0.15) is 0 Å². The van der Waals surface area contributed by atoms with E-state index < -0.39 is 0 Å². The van der Waals surface area contributed by atoms with Crippen LogP contribution in [0.2, 0.25) is 0 Å². The Morgan fingerprint density at radius 1 is 1.00 bits per heavy atom. The summed E-state index contributed by atoms with van der Waals surface area (Å²) in [5.41, 5.74) is 4.53. The van der Waals surface area contributed by atoms with Crippen molar-refractivity contribution < 1.29 is 9.90 Å². The second-order valence-corrected chi connectivity index (χ2v) is 7.19. The molecule has 0 aliphatic rings. The predicted octanol–water partition coefficient (Wildman–Crippen LogP) is 4.79. The normalized spacial score (nSPS) is 11.1. The fourth-order valence-corrected chi connectivity index (χ4v) is 3.79. The van der Waals surface area contributed by atoms with Crippen LogP contribution in [0.5, 0.6) is 5.75 Å². The first kappa shape index (κ1) is 17.9. The Morgan fingerprint density at radius 2 is 1.93 bits per heavy atom. The predicted molar refractivity (Wildman–Crippen MR) is 117 cm³/mol.